The summed E-state index contributed by atoms with van der Waals surface area (Å²) >= 11 is 12.4. The molecule has 0 unspecified atom stereocenters. The summed E-state index contributed by atoms with van der Waals surface area (Å²) in [6, 6.07) is 11.8. The van der Waals surface area contributed by atoms with Crippen molar-refractivity contribution in [2.75, 3.05) is 23.9 Å². The molecule has 2 aliphatic rings. The molecule has 0 saturated carbocycles. The second-order valence-electron chi connectivity index (χ2n) is 9.15. The zero-order chi connectivity index (χ0) is 22.0. The summed E-state index contributed by atoms with van der Waals surface area (Å²) in [5, 5.41) is 1.38. The minimum atomic E-state index is -0.281. The third-order valence-corrected chi connectivity index (χ3v) is 7.02. The van der Waals surface area contributed by atoms with E-state index in [2.05, 4.69) is 37.5 Å². The lowest BCUT2D eigenvalue weighted by Crippen LogP contribution is -2.25. The number of fused-ring (bicyclic) bond motifs is 2. The first-order chi connectivity index (χ1) is 13.9. The van der Waals surface area contributed by atoms with Crippen LogP contribution >= 0.6 is 23.2 Å². The molecular weight excluding hydrogens is 415 g/mol. The molecule has 30 heavy (non-hydrogen) atoms. The van der Waals surface area contributed by atoms with Gasteiger partial charge in [-0.15, -0.1) is 0 Å². The third-order valence-electron chi connectivity index (χ3n) is 6.55. The fourth-order valence-electron chi connectivity index (χ4n) is 4.86. The Kier molecular flexibility index (Phi) is 4.83. The highest BCUT2D eigenvalue weighted by Gasteiger charge is 2.40. The van der Waals surface area contributed by atoms with Crippen molar-refractivity contribution >= 4 is 40.4 Å². The van der Waals surface area contributed by atoms with E-state index in [1.54, 1.807) is 12.2 Å². The standard InChI is InChI=1S/C25H26Cl2N2O/c1-24(2)18-9-7-15(26)11-20(18)28(5)22(24)13-17(30)14-23-25(3,4)19-10-8-16(27)12-21(19)29(23)6/h7-14H,1-6H3/b22-13+,23-14+. The Labute approximate surface area is 188 Å². The maximum Gasteiger partial charge on any atom is 0.182 e. The minimum Gasteiger partial charge on any atom is -0.347 e. The normalized spacial score (nSPS) is 21.3. The number of hydrogen-bond donors (Lipinski definition) is 0. The van der Waals surface area contributed by atoms with Gasteiger partial charge in [0.1, 0.15) is 0 Å². The van der Waals surface area contributed by atoms with Crippen molar-refractivity contribution in [1.29, 1.82) is 0 Å². The lowest BCUT2D eigenvalue weighted by Gasteiger charge is -2.25. The SMILES string of the molecule is CN1/C(=C/C(=O)/C=C2/N(C)c3cc(Cl)ccc3C2(C)C)C(C)(C)c2ccc(Cl)cc21. The van der Waals surface area contributed by atoms with Crippen LogP contribution in [0.4, 0.5) is 11.4 Å². The number of benzene rings is 2. The predicted octanol–water partition coefficient (Wildman–Crippen LogP) is 6.49. The molecule has 0 atom stereocenters. The Morgan fingerprint density at radius 1 is 0.767 bits per heavy atom. The van der Waals surface area contributed by atoms with Gasteiger partial charge in [-0.05, 0) is 35.4 Å². The van der Waals surface area contributed by atoms with Crippen LogP contribution in [-0.4, -0.2) is 19.9 Å². The van der Waals surface area contributed by atoms with Gasteiger partial charge in [-0.2, -0.15) is 0 Å². The molecule has 4 rings (SSSR count). The van der Waals surface area contributed by atoms with Crippen molar-refractivity contribution in [2.45, 2.75) is 38.5 Å². The minimum absolute atomic E-state index is 0.0299. The van der Waals surface area contributed by atoms with Crippen LogP contribution in [-0.2, 0) is 15.6 Å². The van der Waals surface area contributed by atoms with Gasteiger partial charge in [0.05, 0.1) is 0 Å². The molecule has 0 saturated heterocycles. The molecule has 156 valence electrons. The highest BCUT2D eigenvalue weighted by Crippen LogP contribution is 2.49. The molecule has 0 spiro atoms. The monoisotopic (exact) mass is 440 g/mol. The number of hydrogen-bond acceptors (Lipinski definition) is 3. The number of allylic oxidation sites excluding steroid dienone is 4. The number of rotatable bonds is 2. The molecule has 0 aliphatic carbocycles. The zero-order valence-electron chi connectivity index (χ0n) is 18.2. The average Bonchev–Trinajstić information content (AvgIpc) is 2.96. The van der Waals surface area contributed by atoms with Crippen LogP contribution in [0.3, 0.4) is 0 Å². The van der Waals surface area contributed by atoms with E-state index < -0.39 is 0 Å². The Balaban J connectivity index is 1.73. The van der Waals surface area contributed by atoms with Gasteiger partial charge in [0.25, 0.3) is 0 Å². The number of halogens is 2. The van der Waals surface area contributed by atoms with E-state index in [1.807, 2.05) is 50.5 Å². The Morgan fingerprint density at radius 2 is 1.13 bits per heavy atom. The molecule has 0 amide bonds. The smallest absolute Gasteiger partial charge is 0.182 e. The van der Waals surface area contributed by atoms with Gasteiger partial charge in [-0.1, -0.05) is 63.0 Å². The third kappa shape index (κ3) is 3.07. The first-order valence-corrected chi connectivity index (χ1v) is 10.8. The molecule has 3 nitrogen and oxygen atoms in total. The van der Waals surface area contributed by atoms with E-state index in [0.717, 1.165) is 22.8 Å². The summed E-state index contributed by atoms with van der Waals surface area (Å²) in [4.78, 5) is 17.3. The molecular formula is C25H26Cl2N2O. The van der Waals surface area contributed by atoms with E-state index in [-0.39, 0.29) is 16.6 Å². The molecule has 2 aliphatic heterocycles. The van der Waals surface area contributed by atoms with Crippen molar-refractivity contribution in [3.05, 3.63) is 81.1 Å². The van der Waals surface area contributed by atoms with Crippen LogP contribution in [0.2, 0.25) is 10.0 Å². The van der Waals surface area contributed by atoms with E-state index >= 15 is 0 Å². The van der Waals surface area contributed by atoms with E-state index in [1.165, 1.54) is 11.1 Å². The van der Waals surface area contributed by atoms with Crippen molar-refractivity contribution < 1.29 is 4.79 Å². The van der Waals surface area contributed by atoms with Crippen LogP contribution in [0.5, 0.6) is 0 Å². The second-order valence-corrected chi connectivity index (χ2v) is 10.0. The van der Waals surface area contributed by atoms with Gasteiger partial charge < -0.3 is 9.80 Å². The van der Waals surface area contributed by atoms with Crippen molar-refractivity contribution in [1.82, 2.24) is 0 Å². The maximum atomic E-state index is 13.2. The summed E-state index contributed by atoms with van der Waals surface area (Å²) < 4.78 is 0. The quantitative estimate of drug-likeness (QED) is 0.498. The van der Waals surface area contributed by atoms with Gasteiger partial charge in [-0.25, -0.2) is 0 Å². The summed E-state index contributed by atoms with van der Waals surface area (Å²) in [6.07, 6.45) is 3.50. The highest BCUT2D eigenvalue weighted by molar-refractivity contribution is 6.31. The maximum absolute atomic E-state index is 13.2. The van der Waals surface area contributed by atoms with Crippen molar-refractivity contribution in [3.63, 3.8) is 0 Å². The number of anilines is 2. The predicted molar refractivity (Wildman–Crippen MR) is 127 cm³/mol. The highest BCUT2D eigenvalue weighted by atomic mass is 35.5. The fraction of sp³-hybridized carbons (Fsp3) is 0.320. The lowest BCUT2D eigenvalue weighted by molar-refractivity contribution is -0.110. The van der Waals surface area contributed by atoms with E-state index in [0.29, 0.717) is 10.0 Å². The molecule has 2 aromatic rings. The van der Waals surface area contributed by atoms with Crippen molar-refractivity contribution in [3.8, 4) is 0 Å². The molecule has 0 N–H and O–H groups in total. The average molecular weight is 441 g/mol. The molecule has 5 heteroatoms. The van der Waals surface area contributed by atoms with Crippen LogP contribution in [0.15, 0.2) is 59.9 Å². The Bertz CT molecular complexity index is 1040. The number of carbonyl (C=O) groups excluding carboxylic acids is 1. The Hall–Kier alpha value is -2.23. The summed E-state index contributed by atoms with van der Waals surface area (Å²) in [7, 11) is 3.97. The number of ketones is 1. The number of nitrogens with zero attached hydrogens (tertiary/aromatic N) is 2. The van der Waals surface area contributed by atoms with Gasteiger partial charge in [-0.3, -0.25) is 4.79 Å². The van der Waals surface area contributed by atoms with Crippen LogP contribution in [0.25, 0.3) is 0 Å². The molecule has 2 aromatic carbocycles. The Morgan fingerprint density at radius 3 is 1.50 bits per heavy atom. The largest absolute Gasteiger partial charge is 0.347 e. The second kappa shape index (κ2) is 6.90. The molecule has 0 radical (unpaired) electrons. The molecule has 0 bridgehead atoms. The molecule has 0 aromatic heterocycles. The topological polar surface area (TPSA) is 23.6 Å². The van der Waals surface area contributed by atoms with Gasteiger partial charge in [0.2, 0.25) is 0 Å². The van der Waals surface area contributed by atoms with Gasteiger partial charge >= 0.3 is 0 Å². The number of carbonyl (C=O) groups is 1. The van der Waals surface area contributed by atoms with Gasteiger partial charge in [0, 0.05) is 69.9 Å². The van der Waals surface area contributed by atoms with Gasteiger partial charge in [0.15, 0.2) is 5.78 Å². The van der Waals surface area contributed by atoms with Crippen LogP contribution in [0.1, 0.15) is 38.8 Å². The first kappa shape index (κ1) is 21.0. The van der Waals surface area contributed by atoms with E-state index in [9.17, 15) is 4.79 Å². The lowest BCUT2D eigenvalue weighted by atomic mass is 9.82. The summed E-state index contributed by atoms with van der Waals surface area (Å²) in [5.74, 6) is -0.0299. The van der Waals surface area contributed by atoms with E-state index in [4.69, 9.17) is 23.2 Å². The van der Waals surface area contributed by atoms with Crippen molar-refractivity contribution in [2.24, 2.45) is 0 Å². The summed E-state index contributed by atoms with van der Waals surface area (Å²) in [5.41, 5.74) is 5.77. The first-order valence-electron chi connectivity index (χ1n) is 10.0. The molecule has 2 heterocycles. The fourth-order valence-corrected chi connectivity index (χ4v) is 5.19. The summed E-state index contributed by atoms with van der Waals surface area (Å²) in [6.45, 7) is 8.55. The number of likely N-dealkylation sites (N-methyl/N-ethyl adjacent to an activating group) is 2. The molecule has 0 fully saturated rings. The van der Waals surface area contributed by atoms with Crippen LogP contribution < -0.4 is 9.80 Å². The van der Waals surface area contributed by atoms with Crippen LogP contribution in [0, 0.1) is 0 Å². The zero-order valence-corrected chi connectivity index (χ0v) is 19.7.